The number of rotatable bonds is 8. The van der Waals surface area contributed by atoms with Gasteiger partial charge in [-0.25, -0.2) is 4.79 Å². The highest BCUT2D eigenvalue weighted by Crippen LogP contribution is 2.20. The Morgan fingerprint density at radius 1 is 1.17 bits per heavy atom. The van der Waals surface area contributed by atoms with Gasteiger partial charge in [0.25, 0.3) is 0 Å². The Kier molecular flexibility index (Phi) is 8.43. The summed E-state index contributed by atoms with van der Waals surface area (Å²) in [7, 11) is 0. The molecule has 0 heterocycles. The number of allylic oxidation sites excluding steroid dienone is 3. The average Bonchev–Trinajstić information content (AvgIpc) is 2.30. The lowest BCUT2D eigenvalue weighted by Gasteiger charge is -2.17. The third-order valence-electron chi connectivity index (χ3n) is 3.61. The van der Waals surface area contributed by atoms with Crippen LogP contribution in [0.5, 0.6) is 0 Å². The highest BCUT2D eigenvalue weighted by atomic mass is 16.4. The van der Waals surface area contributed by atoms with Crippen molar-refractivity contribution in [1.82, 2.24) is 0 Å². The molecule has 0 aromatic heterocycles. The molecule has 1 N–H and O–H groups in total. The topological polar surface area (TPSA) is 37.3 Å². The average molecular weight is 252 g/mol. The van der Waals surface area contributed by atoms with Crippen LogP contribution in [0.25, 0.3) is 0 Å². The first-order valence-corrected chi connectivity index (χ1v) is 6.91. The third kappa shape index (κ3) is 8.10. The molecule has 0 saturated heterocycles. The summed E-state index contributed by atoms with van der Waals surface area (Å²) in [5, 5.41) is 8.69. The van der Waals surface area contributed by atoms with Crippen LogP contribution in [-0.4, -0.2) is 11.1 Å². The van der Waals surface area contributed by atoms with Crippen molar-refractivity contribution in [2.45, 2.75) is 53.9 Å². The van der Waals surface area contributed by atoms with Crippen LogP contribution in [0.15, 0.2) is 23.8 Å². The summed E-state index contributed by atoms with van der Waals surface area (Å²) >= 11 is 0. The van der Waals surface area contributed by atoms with Crippen LogP contribution in [0.2, 0.25) is 0 Å². The second kappa shape index (κ2) is 8.96. The molecular weight excluding hydrogens is 224 g/mol. The van der Waals surface area contributed by atoms with E-state index in [1.54, 1.807) is 13.0 Å². The van der Waals surface area contributed by atoms with E-state index in [0.717, 1.165) is 18.3 Å². The summed E-state index contributed by atoms with van der Waals surface area (Å²) < 4.78 is 0. The van der Waals surface area contributed by atoms with Gasteiger partial charge in [-0.05, 0) is 31.1 Å². The SMILES string of the molecule is C/C(=C\C=C\CC(C)CCC(C)C(C)C)C(=O)O. The molecule has 0 spiro atoms. The molecule has 0 aliphatic heterocycles. The molecule has 0 radical (unpaired) electrons. The molecule has 0 fully saturated rings. The summed E-state index contributed by atoms with van der Waals surface area (Å²) in [5.41, 5.74) is 0.382. The number of hydrogen-bond acceptors (Lipinski definition) is 1. The van der Waals surface area contributed by atoms with E-state index in [-0.39, 0.29) is 0 Å². The lowest BCUT2D eigenvalue weighted by Crippen LogP contribution is -2.06. The molecule has 2 heteroatoms. The fourth-order valence-electron chi connectivity index (χ4n) is 1.59. The van der Waals surface area contributed by atoms with E-state index in [4.69, 9.17) is 5.11 Å². The molecule has 0 aromatic rings. The molecule has 0 bridgehead atoms. The van der Waals surface area contributed by atoms with E-state index in [0.29, 0.717) is 11.5 Å². The largest absolute Gasteiger partial charge is 0.478 e. The van der Waals surface area contributed by atoms with E-state index in [9.17, 15) is 4.79 Å². The fourth-order valence-corrected chi connectivity index (χ4v) is 1.59. The maximum Gasteiger partial charge on any atom is 0.331 e. The normalized spacial score (nSPS) is 16.2. The molecule has 0 aliphatic carbocycles. The second-order valence-corrected chi connectivity index (χ2v) is 5.72. The smallest absolute Gasteiger partial charge is 0.331 e. The Labute approximate surface area is 112 Å². The first kappa shape index (κ1) is 16.9. The lowest BCUT2D eigenvalue weighted by atomic mass is 9.89. The quantitative estimate of drug-likeness (QED) is 0.503. The van der Waals surface area contributed by atoms with Gasteiger partial charge in [0, 0.05) is 5.57 Å². The molecule has 0 aromatic carbocycles. The monoisotopic (exact) mass is 252 g/mol. The fraction of sp³-hybridized carbons (Fsp3) is 0.688. The van der Waals surface area contributed by atoms with E-state index in [1.807, 2.05) is 6.08 Å². The summed E-state index contributed by atoms with van der Waals surface area (Å²) in [6.07, 6.45) is 9.12. The lowest BCUT2D eigenvalue weighted by molar-refractivity contribution is -0.132. The predicted molar refractivity (Wildman–Crippen MR) is 77.5 cm³/mol. The van der Waals surface area contributed by atoms with Crippen LogP contribution in [0.3, 0.4) is 0 Å². The van der Waals surface area contributed by atoms with Crippen LogP contribution in [0.4, 0.5) is 0 Å². The molecule has 0 amide bonds. The van der Waals surface area contributed by atoms with Gasteiger partial charge in [-0.2, -0.15) is 0 Å². The molecule has 0 saturated carbocycles. The van der Waals surface area contributed by atoms with Gasteiger partial charge in [0.2, 0.25) is 0 Å². The molecule has 18 heavy (non-hydrogen) atoms. The minimum atomic E-state index is -0.849. The summed E-state index contributed by atoms with van der Waals surface area (Å²) in [6.45, 7) is 10.7. The molecule has 2 nitrogen and oxygen atoms in total. The Balaban J connectivity index is 3.90. The minimum absolute atomic E-state index is 0.382. The number of carboxylic acid groups (broad SMARTS) is 1. The maximum absolute atomic E-state index is 10.6. The zero-order chi connectivity index (χ0) is 14.1. The van der Waals surface area contributed by atoms with E-state index in [1.165, 1.54) is 12.8 Å². The summed E-state index contributed by atoms with van der Waals surface area (Å²) in [4.78, 5) is 10.6. The van der Waals surface area contributed by atoms with Crippen molar-refractivity contribution in [2.75, 3.05) is 0 Å². The number of carbonyl (C=O) groups is 1. The molecule has 104 valence electrons. The molecule has 0 aliphatic rings. The Bertz CT molecular complexity index is 300. The van der Waals surface area contributed by atoms with Crippen LogP contribution < -0.4 is 0 Å². The van der Waals surface area contributed by atoms with Crippen LogP contribution in [0.1, 0.15) is 53.9 Å². The van der Waals surface area contributed by atoms with Crippen molar-refractivity contribution in [1.29, 1.82) is 0 Å². The molecule has 0 rings (SSSR count). The molecular formula is C16H28O2. The van der Waals surface area contributed by atoms with Crippen molar-refractivity contribution >= 4 is 5.97 Å². The summed E-state index contributed by atoms with van der Waals surface area (Å²) in [5.74, 6) is 1.36. The van der Waals surface area contributed by atoms with Gasteiger partial charge in [0.15, 0.2) is 0 Å². The Morgan fingerprint density at radius 2 is 1.78 bits per heavy atom. The first-order chi connectivity index (χ1) is 8.34. The van der Waals surface area contributed by atoms with Crippen molar-refractivity contribution in [2.24, 2.45) is 17.8 Å². The van der Waals surface area contributed by atoms with Gasteiger partial charge in [-0.3, -0.25) is 0 Å². The van der Waals surface area contributed by atoms with Crippen LogP contribution >= 0.6 is 0 Å². The van der Waals surface area contributed by atoms with Gasteiger partial charge in [0.1, 0.15) is 0 Å². The minimum Gasteiger partial charge on any atom is -0.478 e. The zero-order valence-corrected chi connectivity index (χ0v) is 12.4. The standard InChI is InChI=1S/C16H28O2/c1-12(2)14(4)11-10-13(3)8-6-7-9-15(5)16(17)18/h6-7,9,12-14H,8,10-11H2,1-5H3,(H,17,18)/b7-6+,15-9+. The predicted octanol–water partition coefficient (Wildman–Crippen LogP) is 4.67. The Morgan fingerprint density at radius 3 is 2.28 bits per heavy atom. The van der Waals surface area contributed by atoms with Crippen molar-refractivity contribution in [3.05, 3.63) is 23.8 Å². The number of aliphatic carboxylic acids is 1. The summed E-state index contributed by atoms with van der Waals surface area (Å²) in [6, 6.07) is 0. The number of carboxylic acids is 1. The van der Waals surface area contributed by atoms with Crippen molar-refractivity contribution < 1.29 is 9.90 Å². The van der Waals surface area contributed by atoms with Gasteiger partial charge in [0.05, 0.1) is 0 Å². The van der Waals surface area contributed by atoms with Gasteiger partial charge >= 0.3 is 5.97 Å². The Hall–Kier alpha value is -1.05. The third-order valence-corrected chi connectivity index (χ3v) is 3.61. The highest BCUT2D eigenvalue weighted by Gasteiger charge is 2.08. The van der Waals surface area contributed by atoms with Crippen LogP contribution in [-0.2, 0) is 4.79 Å². The van der Waals surface area contributed by atoms with E-state index in [2.05, 4.69) is 33.8 Å². The first-order valence-electron chi connectivity index (χ1n) is 6.91. The maximum atomic E-state index is 10.6. The van der Waals surface area contributed by atoms with E-state index < -0.39 is 5.97 Å². The molecule has 2 atom stereocenters. The van der Waals surface area contributed by atoms with Crippen molar-refractivity contribution in [3.63, 3.8) is 0 Å². The van der Waals surface area contributed by atoms with E-state index >= 15 is 0 Å². The van der Waals surface area contributed by atoms with Crippen LogP contribution in [0, 0.1) is 17.8 Å². The van der Waals surface area contributed by atoms with Crippen molar-refractivity contribution in [3.8, 4) is 0 Å². The van der Waals surface area contributed by atoms with Gasteiger partial charge in [-0.15, -0.1) is 0 Å². The number of hydrogen-bond donors (Lipinski definition) is 1. The second-order valence-electron chi connectivity index (χ2n) is 5.72. The van der Waals surface area contributed by atoms with Gasteiger partial charge < -0.3 is 5.11 Å². The van der Waals surface area contributed by atoms with Gasteiger partial charge in [-0.1, -0.05) is 58.8 Å². The zero-order valence-electron chi connectivity index (χ0n) is 12.4. The highest BCUT2D eigenvalue weighted by molar-refractivity contribution is 5.86. The molecule has 2 unspecified atom stereocenters.